The SMILES string of the molecule is CN(C)C(Cc1ccc(O)cc1)C1(NC(=NC#N)NC2CCc3cc(F)ccc3C2)CC1. The standard InChI is InChI=1S/C25H30FN5O/c1-31(2)23(13-17-3-9-22(32)10-4-17)25(11-12-25)30-24(28-16-27)29-21-8-6-18-14-20(26)7-5-19(18)15-21/h3-5,7,9-10,14,21,23,32H,6,8,11-13,15H2,1-2H3,(H2,28,29,30). The summed E-state index contributed by atoms with van der Waals surface area (Å²) in [6.45, 7) is 0. The topological polar surface area (TPSA) is 83.7 Å². The van der Waals surface area contributed by atoms with E-state index in [1.54, 1.807) is 18.2 Å². The van der Waals surface area contributed by atoms with Crippen LogP contribution in [0.4, 0.5) is 4.39 Å². The third-order valence-corrected chi connectivity index (χ3v) is 6.68. The summed E-state index contributed by atoms with van der Waals surface area (Å²) < 4.78 is 13.5. The Hall–Kier alpha value is -3.11. The van der Waals surface area contributed by atoms with Crippen LogP contribution in [0.15, 0.2) is 47.5 Å². The molecule has 0 bridgehead atoms. The van der Waals surface area contributed by atoms with Crippen molar-refractivity contribution in [2.75, 3.05) is 14.1 Å². The molecule has 6 nitrogen and oxygen atoms in total. The highest BCUT2D eigenvalue weighted by Crippen LogP contribution is 2.42. The van der Waals surface area contributed by atoms with E-state index in [0.717, 1.165) is 55.2 Å². The van der Waals surface area contributed by atoms with E-state index in [0.29, 0.717) is 5.96 Å². The molecule has 7 heteroatoms. The van der Waals surface area contributed by atoms with Gasteiger partial charge in [-0.3, -0.25) is 0 Å². The Morgan fingerprint density at radius 2 is 2.00 bits per heavy atom. The zero-order chi connectivity index (χ0) is 22.7. The number of nitrogens with one attached hydrogen (secondary N) is 2. The van der Waals surface area contributed by atoms with Crippen molar-refractivity contribution in [3.05, 3.63) is 65.0 Å². The molecular weight excluding hydrogens is 405 g/mol. The fraction of sp³-hybridized carbons (Fsp3) is 0.440. The van der Waals surface area contributed by atoms with Crippen molar-refractivity contribution in [2.24, 2.45) is 4.99 Å². The molecule has 0 radical (unpaired) electrons. The summed E-state index contributed by atoms with van der Waals surface area (Å²) >= 11 is 0. The normalized spacial score (nSPS) is 20.2. The average Bonchev–Trinajstić information content (AvgIpc) is 3.53. The largest absolute Gasteiger partial charge is 0.508 e. The summed E-state index contributed by atoms with van der Waals surface area (Å²) in [7, 11) is 4.14. The lowest BCUT2D eigenvalue weighted by Crippen LogP contribution is -2.57. The Balaban J connectivity index is 1.46. The predicted molar refractivity (Wildman–Crippen MR) is 123 cm³/mol. The van der Waals surface area contributed by atoms with E-state index in [1.165, 1.54) is 6.07 Å². The molecule has 0 aromatic heterocycles. The smallest absolute Gasteiger partial charge is 0.209 e. The zero-order valence-corrected chi connectivity index (χ0v) is 18.6. The summed E-state index contributed by atoms with van der Waals surface area (Å²) in [5.74, 6) is 0.583. The number of benzene rings is 2. The lowest BCUT2D eigenvalue weighted by atomic mass is 9.88. The second-order valence-electron chi connectivity index (χ2n) is 9.19. The number of phenolic OH excluding ortho intramolecular Hbond substituents is 1. The quantitative estimate of drug-likeness (QED) is 0.369. The molecule has 1 saturated carbocycles. The Kier molecular flexibility index (Phi) is 6.33. The first-order valence-electron chi connectivity index (χ1n) is 11.1. The van der Waals surface area contributed by atoms with E-state index < -0.39 is 0 Å². The van der Waals surface area contributed by atoms with E-state index in [1.807, 2.05) is 24.4 Å². The molecule has 1 fully saturated rings. The van der Waals surface area contributed by atoms with Crippen LogP contribution >= 0.6 is 0 Å². The van der Waals surface area contributed by atoms with Crippen LogP contribution in [0.5, 0.6) is 5.75 Å². The molecule has 0 spiro atoms. The number of aryl methyl sites for hydroxylation is 1. The fourth-order valence-electron chi connectivity index (χ4n) is 4.83. The maximum Gasteiger partial charge on any atom is 0.209 e. The van der Waals surface area contributed by atoms with Gasteiger partial charge in [0.2, 0.25) is 12.2 Å². The van der Waals surface area contributed by atoms with Crippen molar-refractivity contribution in [3.63, 3.8) is 0 Å². The van der Waals surface area contributed by atoms with Gasteiger partial charge in [-0.1, -0.05) is 18.2 Å². The second-order valence-corrected chi connectivity index (χ2v) is 9.19. The van der Waals surface area contributed by atoms with Crippen LogP contribution in [0.3, 0.4) is 0 Å². The molecule has 0 saturated heterocycles. The number of halogens is 1. The number of rotatable bonds is 6. The third kappa shape index (κ3) is 5.03. The molecule has 2 unspecified atom stereocenters. The average molecular weight is 436 g/mol. The predicted octanol–water partition coefficient (Wildman–Crippen LogP) is 3.11. The highest BCUT2D eigenvalue weighted by atomic mass is 19.1. The van der Waals surface area contributed by atoms with Gasteiger partial charge in [0.15, 0.2) is 0 Å². The van der Waals surface area contributed by atoms with Gasteiger partial charge in [0.05, 0.1) is 5.54 Å². The molecular formula is C25H30FN5O. The third-order valence-electron chi connectivity index (χ3n) is 6.68. The fourth-order valence-corrected chi connectivity index (χ4v) is 4.83. The van der Waals surface area contributed by atoms with Gasteiger partial charge in [0.25, 0.3) is 0 Å². The van der Waals surface area contributed by atoms with Gasteiger partial charge in [-0.25, -0.2) is 4.39 Å². The minimum Gasteiger partial charge on any atom is -0.508 e. The number of likely N-dealkylation sites (N-methyl/N-ethyl adjacent to an activating group) is 1. The molecule has 3 N–H and O–H groups in total. The van der Waals surface area contributed by atoms with Crippen molar-refractivity contribution >= 4 is 5.96 Å². The van der Waals surface area contributed by atoms with E-state index >= 15 is 0 Å². The second kappa shape index (κ2) is 9.17. The van der Waals surface area contributed by atoms with E-state index in [9.17, 15) is 14.8 Å². The lowest BCUT2D eigenvalue weighted by molar-refractivity contribution is 0.226. The van der Waals surface area contributed by atoms with Crippen molar-refractivity contribution in [2.45, 2.75) is 56.1 Å². The molecule has 168 valence electrons. The maximum absolute atomic E-state index is 13.5. The molecule has 2 aromatic carbocycles. The Bertz CT molecular complexity index is 1020. The van der Waals surface area contributed by atoms with Crippen LogP contribution < -0.4 is 10.6 Å². The number of fused-ring (bicyclic) bond motifs is 1. The van der Waals surface area contributed by atoms with Crippen LogP contribution in [-0.2, 0) is 19.3 Å². The van der Waals surface area contributed by atoms with E-state index in [2.05, 4.69) is 34.6 Å². The van der Waals surface area contributed by atoms with Crippen molar-refractivity contribution < 1.29 is 9.50 Å². The number of hydrogen-bond donors (Lipinski definition) is 3. The number of aliphatic imine (C=N–C) groups is 1. The van der Waals surface area contributed by atoms with Crippen molar-refractivity contribution in [3.8, 4) is 11.9 Å². The lowest BCUT2D eigenvalue weighted by Gasteiger charge is -2.35. The van der Waals surface area contributed by atoms with E-state index in [-0.39, 0.29) is 29.2 Å². The monoisotopic (exact) mass is 435 g/mol. The number of phenols is 1. The molecule has 4 rings (SSSR count). The van der Waals surface area contributed by atoms with Crippen molar-refractivity contribution in [1.82, 2.24) is 15.5 Å². The molecule has 0 amide bonds. The van der Waals surface area contributed by atoms with Gasteiger partial charge >= 0.3 is 0 Å². The summed E-state index contributed by atoms with van der Waals surface area (Å²) in [5, 5.41) is 25.9. The summed E-state index contributed by atoms with van der Waals surface area (Å²) in [4.78, 5) is 6.27. The number of nitrogens with zero attached hydrogens (tertiary/aromatic N) is 3. The summed E-state index contributed by atoms with van der Waals surface area (Å²) in [6.07, 6.45) is 7.18. The molecule has 2 aliphatic rings. The molecule has 2 aliphatic carbocycles. The maximum atomic E-state index is 13.5. The van der Waals surface area contributed by atoms with Gasteiger partial charge in [-0.15, -0.1) is 4.99 Å². The first-order chi connectivity index (χ1) is 15.4. The molecule has 32 heavy (non-hydrogen) atoms. The Morgan fingerprint density at radius 3 is 2.66 bits per heavy atom. The Morgan fingerprint density at radius 1 is 1.25 bits per heavy atom. The van der Waals surface area contributed by atoms with Gasteiger partial charge in [-0.2, -0.15) is 5.26 Å². The van der Waals surface area contributed by atoms with Gasteiger partial charge in [0.1, 0.15) is 11.6 Å². The number of aromatic hydroxyl groups is 1. The zero-order valence-electron chi connectivity index (χ0n) is 18.6. The van der Waals surface area contributed by atoms with Crippen LogP contribution in [-0.4, -0.2) is 47.7 Å². The number of nitriles is 1. The summed E-state index contributed by atoms with van der Waals surface area (Å²) in [5.41, 5.74) is 3.19. The number of guanidine groups is 1. The minimum absolute atomic E-state index is 0.137. The highest BCUT2D eigenvalue weighted by Gasteiger charge is 2.51. The first kappa shape index (κ1) is 22.1. The Labute approximate surface area is 188 Å². The van der Waals surface area contributed by atoms with Gasteiger partial charge in [0, 0.05) is 12.1 Å². The molecule has 2 aromatic rings. The van der Waals surface area contributed by atoms with Crippen LogP contribution in [0.2, 0.25) is 0 Å². The van der Waals surface area contributed by atoms with Crippen LogP contribution in [0.1, 0.15) is 36.0 Å². The minimum atomic E-state index is -0.192. The summed E-state index contributed by atoms with van der Waals surface area (Å²) in [6, 6.07) is 12.7. The first-order valence-corrected chi connectivity index (χ1v) is 11.1. The van der Waals surface area contributed by atoms with Gasteiger partial charge in [-0.05, 0) is 93.6 Å². The van der Waals surface area contributed by atoms with E-state index in [4.69, 9.17) is 0 Å². The van der Waals surface area contributed by atoms with Crippen molar-refractivity contribution in [1.29, 1.82) is 5.26 Å². The highest BCUT2D eigenvalue weighted by molar-refractivity contribution is 5.82. The molecule has 0 aliphatic heterocycles. The molecule has 0 heterocycles. The molecule has 2 atom stereocenters. The van der Waals surface area contributed by atoms with Crippen LogP contribution in [0.25, 0.3) is 0 Å². The van der Waals surface area contributed by atoms with Crippen LogP contribution in [0, 0.1) is 17.3 Å². The van der Waals surface area contributed by atoms with Gasteiger partial charge < -0.3 is 20.6 Å². The number of hydrogen-bond acceptors (Lipinski definition) is 4.